The molecule has 0 spiro atoms. The van der Waals surface area contributed by atoms with E-state index in [0.717, 1.165) is 16.9 Å². The molecular formula is C26H31N3O4S. The predicted molar refractivity (Wildman–Crippen MR) is 135 cm³/mol. The second-order valence-electron chi connectivity index (χ2n) is 8.41. The lowest BCUT2D eigenvalue weighted by molar-refractivity contribution is 0.0942. The monoisotopic (exact) mass is 481 g/mol. The average molecular weight is 482 g/mol. The molecule has 2 N–H and O–H groups in total. The molecule has 0 heterocycles. The molecule has 1 amide bonds. The first-order valence-corrected chi connectivity index (χ1v) is 12.4. The number of benzene rings is 3. The summed E-state index contributed by atoms with van der Waals surface area (Å²) >= 11 is 0. The maximum Gasteiger partial charge on any atom is 0.262 e. The lowest BCUT2D eigenvalue weighted by Crippen LogP contribution is -2.34. The molecule has 7 nitrogen and oxygen atoms in total. The fourth-order valence-corrected chi connectivity index (χ4v) is 5.00. The molecular weight excluding hydrogens is 450 g/mol. The molecule has 0 aliphatic rings. The summed E-state index contributed by atoms with van der Waals surface area (Å²) in [4.78, 5) is 15.0. The summed E-state index contributed by atoms with van der Waals surface area (Å²) in [6, 6.07) is 19.4. The number of nitrogens with zero attached hydrogens (tertiary/aromatic N) is 1. The number of methoxy groups -OCH3 is 1. The van der Waals surface area contributed by atoms with Gasteiger partial charge in [-0.1, -0.05) is 24.3 Å². The number of aryl methyl sites for hydroxylation is 2. The third kappa shape index (κ3) is 6.15. The van der Waals surface area contributed by atoms with Crippen molar-refractivity contribution in [2.45, 2.75) is 24.8 Å². The molecule has 0 radical (unpaired) electrons. The van der Waals surface area contributed by atoms with E-state index in [1.807, 2.05) is 56.3 Å². The number of carbonyl (C=O) groups excluding carboxylic acids is 1. The highest BCUT2D eigenvalue weighted by molar-refractivity contribution is 7.92. The van der Waals surface area contributed by atoms with Crippen molar-refractivity contribution in [2.75, 3.05) is 32.5 Å². The van der Waals surface area contributed by atoms with E-state index in [0.29, 0.717) is 23.4 Å². The van der Waals surface area contributed by atoms with Gasteiger partial charge in [0.15, 0.2) is 0 Å². The van der Waals surface area contributed by atoms with Gasteiger partial charge in [-0.3, -0.25) is 9.52 Å². The Morgan fingerprint density at radius 3 is 2.21 bits per heavy atom. The van der Waals surface area contributed by atoms with Gasteiger partial charge in [-0.2, -0.15) is 0 Å². The van der Waals surface area contributed by atoms with Gasteiger partial charge in [-0.25, -0.2) is 8.42 Å². The highest BCUT2D eigenvalue weighted by Crippen LogP contribution is 2.22. The largest absolute Gasteiger partial charge is 0.497 e. The number of sulfonamides is 1. The van der Waals surface area contributed by atoms with Gasteiger partial charge in [0, 0.05) is 17.8 Å². The summed E-state index contributed by atoms with van der Waals surface area (Å²) < 4.78 is 33.4. The number of amides is 1. The summed E-state index contributed by atoms with van der Waals surface area (Å²) in [7, 11) is 1.80. The molecule has 0 aliphatic heterocycles. The van der Waals surface area contributed by atoms with E-state index in [4.69, 9.17) is 4.74 Å². The van der Waals surface area contributed by atoms with Crippen molar-refractivity contribution in [1.82, 2.24) is 10.2 Å². The smallest absolute Gasteiger partial charge is 0.262 e. The second kappa shape index (κ2) is 10.7. The van der Waals surface area contributed by atoms with E-state index < -0.39 is 10.0 Å². The van der Waals surface area contributed by atoms with Crippen LogP contribution in [0, 0.1) is 13.8 Å². The van der Waals surface area contributed by atoms with Gasteiger partial charge >= 0.3 is 0 Å². The molecule has 8 heteroatoms. The zero-order valence-electron chi connectivity index (χ0n) is 20.1. The Morgan fingerprint density at radius 1 is 0.971 bits per heavy atom. The molecule has 0 aromatic heterocycles. The standard InChI is InChI=1S/C26H31N3O4S/c1-18-6-7-19(2)25(16-18)34(31,32)28-22-12-8-21(9-13-22)26(30)27-17-24(29(3)4)20-10-14-23(33-5)15-11-20/h6-16,24,28H,17H2,1-5H3,(H,27,30). The molecule has 0 fully saturated rings. The van der Waals surface area contributed by atoms with Crippen LogP contribution in [-0.2, 0) is 10.0 Å². The van der Waals surface area contributed by atoms with Gasteiger partial charge in [0.05, 0.1) is 18.0 Å². The number of hydrogen-bond donors (Lipinski definition) is 2. The molecule has 3 aromatic carbocycles. The second-order valence-corrected chi connectivity index (χ2v) is 10.1. The van der Waals surface area contributed by atoms with Crippen LogP contribution in [0.25, 0.3) is 0 Å². The summed E-state index contributed by atoms with van der Waals surface area (Å²) in [5.41, 5.74) is 3.43. The fourth-order valence-electron chi connectivity index (χ4n) is 3.61. The third-order valence-corrected chi connectivity index (χ3v) is 7.14. The van der Waals surface area contributed by atoms with Gasteiger partial charge in [-0.15, -0.1) is 0 Å². The zero-order chi connectivity index (χ0) is 24.9. The van der Waals surface area contributed by atoms with E-state index in [2.05, 4.69) is 10.0 Å². The van der Waals surface area contributed by atoms with Gasteiger partial charge in [0.1, 0.15) is 5.75 Å². The van der Waals surface area contributed by atoms with Crippen molar-refractivity contribution in [1.29, 1.82) is 0 Å². The summed E-state index contributed by atoms with van der Waals surface area (Å²) in [5, 5.41) is 2.96. The van der Waals surface area contributed by atoms with Gasteiger partial charge in [-0.05, 0) is 87.1 Å². The zero-order valence-corrected chi connectivity index (χ0v) is 20.9. The first-order chi connectivity index (χ1) is 16.1. The molecule has 3 aromatic rings. The first-order valence-electron chi connectivity index (χ1n) is 10.9. The Labute approximate surface area is 201 Å². The Hall–Kier alpha value is -3.36. The van der Waals surface area contributed by atoms with Crippen LogP contribution >= 0.6 is 0 Å². The van der Waals surface area contributed by atoms with E-state index in [-0.39, 0.29) is 16.8 Å². The molecule has 0 bridgehead atoms. The average Bonchev–Trinajstić information content (AvgIpc) is 2.81. The normalized spacial score (nSPS) is 12.3. The van der Waals surface area contributed by atoms with Crippen molar-refractivity contribution in [3.05, 3.63) is 89.0 Å². The lowest BCUT2D eigenvalue weighted by Gasteiger charge is -2.25. The number of likely N-dealkylation sites (N-methyl/N-ethyl adjacent to an activating group) is 1. The summed E-state index contributed by atoms with van der Waals surface area (Å²) in [6.45, 7) is 4.02. The van der Waals surface area contributed by atoms with Crippen LogP contribution in [-0.4, -0.2) is 47.0 Å². The molecule has 180 valence electrons. The Morgan fingerprint density at radius 2 is 1.62 bits per heavy atom. The topological polar surface area (TPSA) is 87.7 Å². The SMILES string of the molecule is COc1ccc(C(CNC(=O)c2ccc(NS(=O)(=O)c3cc(C)ccc3C)cc2)N(C)C)cc1. The fraction of sp³-hybridized carbons (Fsp3) is 0.269. The van der Waals surface area contributed by atoms with Gasteiger partial charge in [0.25, 0.3) is 15.9 Å². The number of anilines is 1. The highest BCUT2D eigenvalue weighted by Gasteiger charge is 2.18. The number of hydrogen-bond acceptors (Lipinski definition) is 5. The maximum atomic E-state index is 12.8. The number of rotatable bonds is 9. The Kier molecular flexibility index (Phi) is 7.96. The number of nitrogens with one attached hydrogen (secondary N) is 2. The van der Waals surface area contributed by atoms with Crippen LogP contribution in [0.4, 0.5) is 5.69 Å². The van der Waals surface area contributed by atoms with Crippen LogP contribution in [0.15, 0.2) is 71.6 Å². The molecule has 1 unspecified atom stereocenters. The predicted octanol–water partition coefficient (Wildman–Crippen LogP) is 4.15. The number of carbonyl (C=O) groups is 1. The van der Waals surface area contributed by atoms with Gasteiger partial charge < -0.3 is 15.0 Å². The van der Waals surface area contributed by atoms with Crippen LogP contribution in [0.1, 0.15) is 33.1 Å². The molecule has 0 saturated heterocycles. The van der Waals surface area contributed by atoms with Crippen molar-refractivity contribution in [3.63, 3.8) is 0 Å². The quantitative estimate of drug-likeness (QED) is 0.480. The summed E-state index contributed by atoms with van der Waals surface area (Å²) in [5.74, 6) is 0.544. The highest BCUT2D eigenvalue weighted by atomic mass is 32.2. The third-order valence-electron chi connectivity index (χ3n) is 5.61. The minimum Gasteiger partial charge on any atom is -0.497 e. The van der Waals surface area contributed by atoms with Crippen molar-refractivity contribution in [3.8, 4) is 5.75 Å². The molecule has 3 rings (SSSR count). The molecule has 1 atom stereocenters. The minimum atomic E-state index is -3.73. The van der Waals surface area contributed by atoms with E-state index >= 15 is 0 Å². The van der Waals surface area contributed by atoms with E-state index in [1.165, 1.54) is 0 Å². The Balaban J connectivity index is 1.66. The van der Waals surface area contributed by atoms with E-state index in [1.54, 1.807) is 50.4 Å². The van der Waals surface area contributed by atoms with Crippen LogP contribution in [0.3, 0.4) is 0 Å². The van der Waals surface area contributed by atoms with E-state index in [9.17, 15) is 13.2 Å². The number of ether oxygens (including phenoxy) is 1. The maximum absolute atomic E-state index is 12.8. The Bertz CT molecular complexity index is 1240. The lowest BCUT2D eigenvalue weighted by atomic mass is 10.1. The van der Waals surface area contributed by atoms with Crippen molar-refractivity contribution < 1.29 is 17.9 Å². The van der Waals surface area contributed by atoms with Crippen LogP contribution in [0.5, 0.6) is 5.75 Å². The van der Waals surface area contributed by atoms with Crippen molar-refractivity contribution >= 4 is 21.6 Å². The van der Waals surface area contributed by atoms with Crippen LogP contribution < -0.4 is 14.8 Å². The summed E-state index contributed by atoms with van der Waals surface area (Å²) in [6.07, 6.45) is 0. The van der Waals surface area contributed by atoms with Crippen molar-refractivity contribution in [2.24, 2.45) is 0 Å². The first kappa shape index (κ1) is 25.3. The molecule has 0 saturated carbocycles. The van der Waals surface area contributed by atoms with Gasteiger partial charge in [0.2, 0.25) is 0 Å². The molecule has 0 aliphatic carbocycles. The molecule has 34 heavy (non-hydrogen) atoms. The van der Waals surface area contributed by atoms with Crippen LogP contribution in [0.2, 0.25) is 0 Å². The minimum absolute atomic E-state index is 0.0153.